The van der Waals surface area contributed by atoms with E-state index in [1.807, 2.05) is 51.1 Å². The van der Waals surface area contributed by atoms with E-state index in [0.717, 1.165) is 11.1 Å². The number of allylic oxidation sites excluding steroid dienone is 1. The SMILES string of the molecule is Cc1ccc(CNC(=O)[C@@H](CC(=O)[C@@H](NC(=O)c2cc(C)on2)[C@@H](C)O)Cc2cccc(N(C)C(=O)C(C#N)=CC(C)C)c2)cc1. The Bertz CT molecular complexity index is 1620. The van der Waals surface area contributed by atoms with E-state index < -0.39 is 41.6 Å². The smallest absolute Gasteiger partial charge is 0.274 e. The molecule has 0 unspecified atom stereocenters. The molecule has 3 amide bonds. The van der Waals surface area contributed by atoms with Gasteiger partial charge in [0.25, 0.3) is 11.8 Å². The summed E-state index contributed by atoms with van der Waals surface area (Å²) in [7, 11) is 1.56. The first kappa shape index (κ1) is 35.4. The highest BCUT2D eigenvalue weighted by atomic mass is 16.5. The number of carbonyl (C=O) groups excluding carboxylic acids is 4. The van der Waals surface area contributed by atoms with Crippen molar-refractivity contribution in [3.05, 3.63) is 94.4 Å². The number of Topliss-reactive ketones (excluding diaryl/α,β-unsaturated/α-hetero) is 1. The fraction of sp³-hybridized carbons (Fsp3) is 0.371. The number of aliphatic hydroxyl groups is 1. The van der Waals surface area contributed by atoms with E-state index in [1.54, 1.807) is 44.3 Å². The first-order valence-corrected chi connectivity index (χ1v) is 15.1. The quantitative estimate of drug-likeness (QED) is 0.178. The lowest BCUT2D eigenvalue weighted by Crippen LogP contribution is -2.49. The van der Waals surface area contributed by atoms with Gasteiger partial charge in [0.1, 0.15) is 23.4 Å². The summed E-state index contributed by atoms with van der Waals surface area (Å²) < 4.78 is 4.94. The molecule has 11 heteroatoms. The molecule has 11 nitrogen and oxygen atoms in total. The first-order valence-electron chi connectivity index (χ1n) is 15.1. The van der Waals surface area contributed by atoms with Crippen molar-refractivity contribution in [2.75, 3.05) is 11.9 Å². The van der Waals surface area contributed by atoms with Crippen LogP contribution in [0.4, 0.5) is 5.69 Å². The molecular formula is C35H41N5O6. The summed E-state index contributed by atoms with van der Waals surface area (Å²) in [5, 5.41) is 29.0. The molecule has 0 bridgehead atoms. The zero-order chi connectivity index (χ0) is 34.0. The van der Waals surface area contributed by atoms with Gasteiger partial charge in [0.15, 0.2) is 11.5 Å². The fourth-order valence-corrected chi connectivity index (χ4v) is 4.79. The van der Waals surface area contributed by atoms with Gasteiger partial charge in [-0.05, 0) is 56.4 Å². The predicted octanol–water partition coefficient (Wildman–Crippen LogP) is 3.97. The van der Waals surface area contributed by atoms with E-state index in [2.05, 4.69) is 15.8 Å². The Morgan fingerprint density at radius 1 is 1.04 bits per heavy atom. The molecule has 3 N–H and O–H groups in total. The van der Waals surface area contributed by atoms with Crippen LogP contribution in [0.3, 0.4) is 0 Å². The second-order valence-electron chi connectivity index (χ2n) is 11.8. The van der Waals surface area contributed by atoms with Crippen LogP contribution >= 0.6 is 0 Å². The summed E-state index contributed by atoms with van der Waals surface area (Å²) in [6.45, 7) is 8.95. The molecule has 0 aliphatic carbocycles. The minimum Gasteiger partial charge on any atom is -0.391 e. The number of aryl methyl sites for hydroxylation is 2. The van der Waals surface area contributed by atoms with Crippen LogP contribution in [0.5, 0.6) is 0 Å². The number of ketones is 1. The zero-order valence-corrected chi connectivity index (χ0v) is 27.0. The second kappa shape index (κ2) is 16.3. The van der Waals surface area contributed by atoms with Crippen LogP contribution in [0.2, 0.25) is 0 Å². The van der Waals surface area contributed by atoms with Crippen molar-refractivity contribution in [3.63, 3.8) is 0 Å². The molecule has 2 aromatic carbocycles. The van der Waals surface area contributed by atoms with Crippen LogP contribution < -0.4 is 15.5 Å². The van der Waals surface area contributed by atoms with Crippen molar-refractivity contribution in [1.29, 1.82) is 5.26 Å². The highest BCUT2D eigenvalue weighted by molar-refractivity contribution is 6.08. The molecule has 0 fully saturated rings. The normalized spacial score (nSPS) is 13.3. The molecule has 46 heavy (non-hydrogen) atoms. The predicted molar refractivity (Wildman–Crippen MR) is 172 cm³/mol. The van der Waals surface area contributed by atoms with Crippen LogP contribution in [0, 0.1) is 37.0 Å². The van der Waals surface area contributed by atoms with Gasteiger partial charge in [-0.1, -0.05) is 67.0 Å². The average molecular weight is 628 g/mol. The summed E-state index contributed by atoms with van der Waals surface area (Å²) in [5.41, 5.74) is 3.12. The van der Waals surface area contributed by atoms with Crippen LogP contribution in [-0.2, 0) is 27.3 Å². The Hall–Kier alpha value is -5.08. The van der Waals surface area contributed by atoms with Crippen LogP contribution in [0.1, 0.15) is 60.1 Å². The fourth-order valence-electron chi connectivity index (χ4n) is 4.79. The second-order valence-corrected chi connectivity index (χ2v) is 11.8. The number of nitrogens with zero attached hydrogens (tertiary/aromatic N) is 3. The Morgan fingerprint density at radius 2 is 1.74 bits per heavy atom. The summed E-state index contributed by atoms with van der Waals surface area (Å²) >= 11 is 0. The van der Waals surface area contributed by atoms with Crippen LogP contribution in [-0.4, -0.2) is 53.0 Å². The van der Waals surface area contributed by atoms with Crippen LogP contribution in [0.25, 0.3) is 0 Å². The number of anilines is 1. The lowest BCUT2D eigenvalue weighted by Gasteiger charge is -2.23. The van der Waals surface area contributed by atoms with E-state index in [9.17, 15) is 29.5 Å². The molecule has 0 saturated carbocycles. The van der Waals surface area contributed by atoms with E-state index in [1.165, 1.54) is 17.9 Å². The highest BCUT2D eigenvalue weighted by Crippen LogP contribution is 2.22. The molecule has 0 aliphatic rings. The van der Waals surface area contributed by atoms with Gasteiger partial charge in [0.2, 0.25) is 5.91 Å². The summed E-state index contributed by atoms with van der Waals surface area (Å²) in [6, 6.07) is 16.7. The van der Waals surface area contributed by atoms with Gasteiger partial charge in [0, 0.05) is 37.7 Å². The van der Waals surface area contributed by atoms with E-state index in [0.29, 0.717) is 17.0 Å². The molecule has 0 spiro atoms. The Kier molecular flexibility index (Phi) is 12.5. The Labute approximate surface area is 269 Å². The molecule has 3 atom stereocenters. The van der Waals surface area contributed by atoms with Gasteiger partial charge in [0.05, 0.1) is 6.10 Å². The topological polar surface area (TPSA) is 166 Å². The van der Waals surface area contributed by atoms with Crippen molar-refractivity contribution in [1.82, 2.24) is 15.8 Å². The monoisotopic (exact) mass is 627 g/mol. The maximum atomic E-state index is 13.6. The van der Waals surface area contributed by atoms with Gasteiger partial charge < -0.3 is 25.2 Å². The summed E-state index contributed by atoms with van der Waals surface area (Å²) in [5.74, 6) is -2.56. The first-order chi connectivity index (χ1) is 21.8. The summed E-state index contributed by atoms with van der Waals surface area (Å²) in [6.07, 6.45) is 0.181. The molecular weight excluding hydrogens is 586 g/mol. The van der Waals surface area contributed by atoms with Gasteiger partial charge in [-0.15, -0.1) is 0 Å². The Balaban J connectivity index is 1.85. The molecule has 0 radical (unpaired) electrons. The number of rotatable bonds is 14. The molecule has 3 aromatic rings. The number of aliphatic hydroxyl groups excluding tert-OH is 1. The molecule has 3 rings (SSSR count). The van der Waals surface area contributed by atoms with E-state index >= 15 is 0 Å². The van der Waals surface area contributed by atoms with Crippen molar-refractivity contribution in [2.24, 2.45) is 11.8 Å². The third kappa shape index (κ3) is 9.97. The number of hydrogen-bond acceptors (Lipinski definition) is 8. The molecule has 242 valence electrons. The number of carbonyl (C=O) groups is 4. The minimum absolute atomic E-state index is 0.00497. The van der Waals surface area contributed by atoms with Crippen molar-refractivity contribution in [2.45, 2.75) is 66.2 Å². The van der Waals surface area contributed by atoms with E-state index in [4.69, 9.17) is 4.52 Å². The minimum atomic E-state index is -1.30. The third-order valence-electron chi connectivity index (χ3n) is 7.32. The van der Waals surface area contributed by atoms with Gasteiger partial charge in [-0.2, -0.15) is 5.26 Å². The number of aromatic nitrogens is 1. The molecule has 1 heterocycles. The number of likely N-dealkylation sites (N-methyl/N-ethyl adjacent to an activating group) is 1. The molecule has 0 aliphatic heterocycles. The average Bonchev–Trinajstić information content (AvgIpc) is 3.47. The standard InChI is InChI=1S/C35H41N5O6/c1-21(2)14-28(19-36)35(45)40(6)29-9-7-8-26(17-29)16-27(33(43)37-20-25-12-10-22(3)11-13-25)18-31(42)32(24(5)41)38-34(44)30-15-23(4)46-39-30/h7-15,17,21,24,27,32,41H,16,18,20H2,1-6H3,(H,37,43)(H,38,44)/t24-,27-,32+/m1/s1. The number of benzene rings is 2. The third-order valence-corrected chi connectivity index (χ3v) is 7.32. The van der Waals surface area contributed by atoms with Crippen LogP contribution in [0.15, 0.2) is 70.8 Å². The number of nitriles is 1. The number of hydrogen-bond donors (Lipinski definition) is 3. The zero-order valence-electron chi connectivity index (χ0n) is 27.0. The van der Waals surface area contributed by atoms with Crippen molar-refractivity contribution < 1.29 is 28.8 Å². The highest BCUT2D eigenvalue weighted by Gasteiger charge is 2.31. The largest absolute Gasteiger partial charge is 0.391 e. The van der Waals surface area contributed by atoms with E-state index in [-0.39, 0.29) is 36.6 Å². The lowest BCUT2D eigenvalue weighted by atomic mass is 9.90. The number of amides is 3. The van der Waals surface area contributed by atoms with Crippen molar-refractivity contribution >= 4 is 29.2 Å². The van der Waals surface area contributed by atoms with Gasteiger partial charge in [-0.25, -0.2) is 0 Å². The maximum absolute atomic E-state index is 13.6. The number of nitrogens with one attached hydrogen (secondary N) is 2. The van der Waals surface area contributed by atoms with Gasteiger partial charge in [-0.3, -0.25) is 19.2 Å². The lowest BCUT2D eigenvalue weighted by molar-refractivity contribution is -0.131. The Morgan fingerprint density at radius 3 is 2.33 bits per heavy atom. The van der Waals surface area contributed by atoms with Gasteiger partial charge >= 0.3 is 0 Å². The maximum Gasteiger partial charge on any atom is 0.274 e. The summed E-state index contributed by atoms with van der Waals surface area (Å²) in [4.78, 5) is 54.2. The molecule has 0 saturated heterocycles. The molecule has 1 aromatic heterocycles. The van der Waals surface area contributed by atoms with Crippen molar-refractivity contribution in [3.8, 4) is 6.07 Å².